The maximum Gasteiger partial charge on any atom is 0.407 e. The molecule has 0 aromatic carbocycles. The highest BCUT2D eigenvalue weighted by molar-refractivity contribution is 5.79. The SMILES string of the molecule is COC(=O)CCOC1CCCC(C(=O)N2CCC(C3CCCC(CNC(=O)OC(C)(C)C)C3)CC2)C1. The fourth-order valence-electron chi connectivity index (χ4n) is 6.27. The summed E-state index contributed by atoms with van der Waals surface area (Å²) in [6, 6.07) is 0. The molecule has 8 nitrogen and oxygen atoms in total. The average molecular weight is 509 g/mol. The van der Waals surface area contributed by atoms with Crippen LogP contribution < -0.4 is 5.32 Å². The van der Waals surface area contributed by atoms with E-state index in [2.05, 4.69) is 15.0 Å². The molecule has 8 heteroatoms. The summed E-state index contributed by atoms with van der Waals surface area (Å²) in [4.78, 5) is 38.7. The Bertz CT molecular complexity index is 728. The van der Waals surface area contributed by atoms with Gasteiger partial charge in [-0.2, -0.15) is 0 Å². The van der Waals surface area contributed by atoms with Crippen molar-refractivity contribution in [2.24, 2.45) is 23.7 Å². The molecule has 0 spiro atoms. The van der Waals surface area contributed by atoms with Crippen LogP contribution in [-0.4, -0.2) is 67.9 Å². The van der Waals surface area contributed by atoms with Gasteiger partial charge in [-0.15, -0.1) is 0 Å². The Hall–Kier alpha value is -1.83. The Morgan fingerprint density at radius 2 is 1.64 bits per heavy atom. The van der Waals surface area contributed by atoms with Crippen LogP contribution in [0.25, 0.3) is 0 Å². The average Bonchev–Trinajstić information content (AvgIpc) is 2.86. The zero-order valence-electron chi connectivity index (χ0n) is 22.9. The number of amides is 2. The van der Waals surface area contributed by atoms with Gasteiger partial charge in [0.25, 0.3) is 0 Å². The minimum absolute atomic E-state index is 0.0383. The molecular formula is C28H48N2O6. The van der Waals surface area contributed by atoms with Gasteiger partial charge in [0.1, 0.15) is 5.60 Å². The number of carbonyl (C=O) groups is 3. The number of carbonyl (C=O) groups excluding carboxylic acids is 3. The van der Waals surface area contributed by atoms with Crippen LogP contribution in [0, 0.1) is 23.7 Å². The van der Waals surface area contributed by atoms with E-state index in [-0.39, 0.29) is 36.4 Å². The number of alkyl carbamates (subject to hydrolysis) is 1. The molecule has 2 saturated carbocycles. The summed E-state index contributed by atoms with van der Waals surface area (Å²) >= 11 is 0. The second-order valence-corrected chi connectivity index (χ2v) is 12.0. The van der Waals surface area contributed by atoms with Gasteiger partial charge in [-0.05, 0) is 83.5 Å². The first-order valence-electron chi connectivity index (χ1n) is 14.1. The monoisotopic (exact) mass is 508 g/mol. The van der Waals surface area contributed by atoms with Crippen LogP contribution in [0.5, 0.6) is 0 Å². The highest BCUT2D eigenvalue weighted by Gasteiger charge is 2.35. The fraction of sp³-hybridized carbons (Fsp3) is 0.893. The molecular weight excluding hydrogens is 460 g/mol. The molecule has 206 valence electrons. The lowest BCUT2D eigenvalue weighted by Gasteiger charge is -2.41. The van der Waals surface area contributed by atoms with E-state index in [4.69, 9.17) is 9.47 Å². The predicted molar refractivity (Wildman–Crippen MR) is 137 cm³/mol. The Balaban J connectivity index is 1.38. The summed E-state index contributed by atoms with van der Waals surface area (Å²) in [5.41, 5.74) is -0.472. The van der Waals surface area contributed by atoms with E-state index >= 15 is 0 Å². The van der Waals surface area contributed by atoms with Gasteiger partial charge in [-0.25, -0.2) is 4.79 Å². The number of likely N-dealkylation sites (tertiary alicyclic amines) is 1. The van der Waals surface area contributed by atoms with Crippen LogP contribution in [0.2, 0.25) is 0 Å². The topological polar surface area (TPSA) is 94.2 Å². The van der Waals surface area contributed by atoms with Gasteiger partial charge in [0, 0.05) is 25.6 Å². The molecule has 2 aliphatic carbocycles. The van der Waals surface area contributed by atoms with Crippen molar-refractivity contribution in [3.05, 3.63) is 0 Å². The van der Waals surface area contributed by atoms with E-state index < -0.39 is 5.60 Å². The van der Waals surface area contributed by atoms with Crippen molar-refractivity contribution in [1.82, 2.24) is 10.2 Å². The van der Waals surface area contributed by atoms with E-state index in [0.29, 0.717) is 30.9 Å². The summed E-state index contributed by atoms with van der Waals surface area (Å²) in [7, 11) is 1.39. The highest BCUT2D eigenvalue weighted by atomic mass is 16.6. The minimum Gasteiger partial charge on any atom is -0.469 e. The smallest absolute Gasteiger partial charge is 0.407 e. The first kappa shape index (κ1) is 28.7. The zero-order chi connectivity index (χ0) is 26.1. The molecule has 3 aliphatic rings. The molecule has 36 heavy (non-hydrogen) atoms. The predicted octanol–water partition coefficient (Wildman–Crippen LogP) is 4.69. The van der Waals surface area contributed by atoms with Crippen LogP contribution in [0.15, 0.2) is 0 Å². The van der Waals surface area contributed by atoms with E-state index in [0.717, 1.165) is 64.5 Å². The van der Waals surface area contributed by atoms with Gasteiger partial charge >= 0.3 is 12.1 Å². The van der Waals surface area contributed by atoms with Crippen molar-refractivity contribution < 1.29 is 28.6 Å². The Morgan fingerprint density at radius 3 is 2.33 bits per heavy atom. The van der Waals surface area contributed by atoms with Crippen LogP contribution >= 0.6 is 0 Å². The van der Waals surface area contributed by atoms with Gasteiger partial charge in [0.15, 0.2) is 0 Å². The van der Waals surface area contributed by atoms with Crippen molar-refractivity contribution in [3.8, 4) is 0 Å². The highest BCUT2D eigenvalue weighted by Crippen LogP contribution is 2.39. The maximum atomic E-state index is 13.3. The quantitative estimate of drug-likeness (QED) is 0.478. The molecule has 1 N–H and O–H groups in total. The van der Waals surface area contributed by atoms with Crippen LogP contribution in [-0.2, 0) is 23.8 Å². The van der Waals surface area contributed by atoms with Crippen molar-refractivity contribution in [1.29, 1.82) is 0 Å². The number of nitrogens with one attached hydrogen (secondary N) is 1. The molecule has 0 aromatic rings. The third-order valence-electron chi connectivity index (χ3n) is 8.14. The number of rotatable bonds is 8. The summed E-state index contributed by atoms with van der Waals surface area (Å²) in [6.07, 6.45) is 10.6. The summed E-state index contributed by atoms with van der Waals surface area (Å²) in [5.74, 6) is 1.93. The van der Waals surface area contributed by atoms with Crippen LogP contribution in [0.4, 0.5) is 4.79 Å². The molecule has 0 radical (unpaired) electrons. The van der Waals surface area contributed by atoms with Gasteiger partial charge in [0.2, 0.25) is 5.91 Å². The van der Waals surface area contributed by atoms with Crippen molar-refractivity contribution in [3.63, 3.8) is 0 Å². The van der Waals surface area contributed by atoms with Gasteiger partial charge in [-0.1, -0.05) is 19.3 Å². The molecule has 1 saturated heterocycles. The first-order chi connectivity index (χ1) is 17.1. The second kappa shape index (κ2) is 13.6. The third-order valence-corrected chi connectivity index (χ3v) is 8.14. The maximum absolute atomic E-state index is 13.3. The Labute approximate surface area is 217 Å². The lowest BCUT2D eigenvalue weighted by atomic mass is 9.72. The summed E-state index contributed by atoms with van der Waals surface area (Å²) in [6.45, 7) is 8.40. The van der Waals surface area contributed by atoms with Gasteiger partial charge < -0.3 is 24.4 Å². The number of nitrogens with zero attached hydrogens (tertiary/aromatic N) is 1. The van der Waals surface area contributed by atoms with E-state index in [1.807, 2.05) is 20.8 Å². The molecule has 1 aliphatic heterocycles. The van der Waals surface area contributed by atoms with Gasteiger partial charge in [-0.3, -0.25) is 9.59 Å². The number of hydrogen-bond acceptors (Lipinski definition) is 6. The number of methoxy groups -OCH3 is 1. The molecule has 0 bridgehead atoms. The Morgan fingerprint density at radius 1 is 0.917 bits per heavy atom. The third kappa shape index (κ3) is 9.24. The molecule has 3 fully saturated rings. The lowest BCUT2D eigenvalue weighted by molar-refractivity contribution is -0.144. The molecule has 1 heterocycles. The first-order valence-corrected chi connectivity index (χ1v) is 14.1. The molecule has 4 atom stereocenters. The zero-order valence-corrected chi connectivity index (χ0v) is 22.9. The fourth-order valence-corrected chi connectivity index (χ4v) is 6.27. The Kier molecular flexibility index (Phi) is 10.9. The van der Waals surface area contributed by atoms with Gasteiger partial charge in [0.05, 0.1) is 26.2 Å². The number of hydrogen-bond donors (Lipinski definition) is 1. The molecule has 0 aromatic heterocycles. The normalized spacial score (nSPS) is 27.8. The molecule has 4 unspecified atom stereocenters. The number of esters is 1. The van der Waals surface area contributed by atoms with Crippen LogP contribution in [0.1, 0.15) is 91.4 Å². The van der Waals surface area contributed by atoms with Crippen molar-refractivity contribution in [2.75, 3.05) is 33.4 Å². The van der Waals surface area contributed by atoms with E-state index in [1.54, 1.807) is 0 Å². The summed E-state index contributed by atoms with van der Waals surface area (Å²) in [5, 5.41) is 2.97. The second-order valence-electron chi connectivity index (χ2n) is 12.0. The summed E-state index contributed by atoms with van der Waals surface area (Å²) < 4.78 is 15.9. The standard InChI is InChI=1S/C28H48N2O6/c1-28(2,3)36-27(33)29-19-20-7-5-8-22(17-20)21-11-14-30(15-12-21)26(32)23-9-6-10-24(18-23)35-16-13-25(31)34-4/h20-24H,5-19H2,1-4H3,(H,29,33). The van der Waals surface area contributed by atoms with E-state index in [1.165, 1.54) is 20.0 Å². The minimum atomic E-state index is -0.472. The molecule has 2 amide bonds. The molecule has 3 rings (SSSR count). The number of piperidine rings is 1. The lowest BCUT2D eigenvalue weighted by Crippen LogP contribution is -2.45. The van der Waals surface area contributed by atoms with Crippen LogP contribution in [0.3, 0.4) is 0 Å². The number of ether oxygens (including phenoxy) is 3. The largest absolute Gasteiger partial charge is 0.469 e. The van der Waals surface area contributed by atoms with Crippen molar-refractivity contribution >= 4 is 18.0 Å². The van der Waals surface area contributed by atoms with Crippen molar-refractivity contribution in [2.45, 2.75) is 103 Å². The van der Waals surface area contributed by atoms with E-state index in [9.17, 15) is 14.4 Å².